The van der Waals surface area contributed by atoms with Gasteiger partial charge in [-0.2, -0.15) is 4.31 Å². The zero-order valence-corrected chi connectivity index (χ0v) is 15.1. The van der Waals surface area contributed by atoms with E-state index in [-0.39, 0.29) is 11.3 Å². The van der Waals surface area contributed by atoms with Gasteiger partial charge in [0, 0.05) is 7.05 Å². The largest absolute Gasteiger partial charge is 0.345 e. The minimum absolute atomic E-state index is 0.225. The molecule has 1 N–H and O–H groups in total. The van der Waals surface area contributed by atoms with Crippen LogP contribution in [0.1, 0.15) is 11.1 Å². The van der Waals surface area contributed by atoms with Crippen LogP contribution in [0.2, 0.25) is 0 Å². The molecule has 1 amide bonds. The lowest BCUT2D eigenvalue weighted by Gasteiger charge is -2.32. The molecule has 2 atom stereocenters. The van der Waals surface area contributed by atoms with Gasteiger partial charge in [-0.3, -0.25) is 4.79 Å². The Kier molecular flexibility index (Phi) is 5.20. The second-order valence-corrected chi connectivity index (χ2v) is 8.26. The van der Waals surface area contributed by atoms with Crippen molar-refractivity contribution < 1.29 is 18.0 Å². The number of aldehydes is 1. The molecular formula is C19H20N2O4S. The zero-order valence-electron chi connectivity index (χ0n) is 14.3. The molecule has 2 aromatic carbocycles. The van der Waals surface area contributed by atoms with Crippen LogP contribution in [-0.2, 0) is 32.5 Å². The van der Waals surface area contributed by atoms with Crippen molar-refractivity contribution in [1.29, 1.82) is 0 Å². The Labute approximate surface area is 152 Å². The van der Waals surface area contributed by atoms with Crippen molar-refractivity contribution in [2.45, 2.75) is 29.8 Å². The van der Waals surface area contributed by atoms with Crippen LogP contribution in [0.4, 0.5) is 0 Å². The fourth-order valence-electron chi connectivity index (χ4n) is 3.12. The summed E-state index contributed by atoms with van der Waals surface area (Å²) in [6.07, 6.45) is 1.31. The third kappa shape index (κ3) is 3.54. The van der Waals surface area contributed by atoms with E-state index in [1.807, 2.05) is 30.3 Å². The van der Waals surface area contributed by atoms with Gasteiger partial charge >= 0.3 is 0 Å². The van der Waals surface area contributed by atoms with Crippen LogP contribution in [0.25, 0.3) is 0 Å². The lowest BCUT2D eigenvalue weighted by Crippen LogP contribution is -2.54. The molecule has 0 aliphatic carbocycles. The number of likely N-dealkylation sites (N-methyl/N-ethyl adjacent to an activating group) is 1. The molecule has 0 spiro atoms. The summed E-state index contributed by atoms with van der Waals surface area (Å²) in [5.74, 6) is -0.474. The van der Waals surface area contributed by atoms with Gasteiger partial charge in [0.2, 0.25) is 15.9 Å². The van der Waals surface area contributed by atoms with E-state index in [0.29, 0.717) is 18.3 Å². The lowest BCUT2D eigenvalue weighted by molar-refractivity contribution is -0.127. The molecular weight excluding hydrogens is 352 g/mol. The summed E-state index contributed by atoms with van der Waals surface area (Å²) < 4.78 is 26.4. The molecule has 136 valence electrons. The number of benzene rings is 2. The predicted molar refractivity (Wildman–Crippen MR) is 97.0 cm³/mol. The maximum atomic E-state index is 12.7. The van der Waals surface area contributed by atoms with Crippen molar-refractivity contribution in [2.24, 2.45) is 0 Å². The molecule has 0 saturated heterocycles. The predicted octanol–water partition coefficient (Wildman–Crippen LogP) is 1.16. The standard InChI is InChI=1S/C19H20N2O4S/c1-21-17(12-15-9-5-6-10-18(15)26(21,24)25)19(23)20-16(13-22)11-14-7-3-2-4-8-14/h2-10,13,16-17H,11-12H2,1H3,(H,20,23)/t16-,17+/m0/s1. The Morgan fingerprint density at radius 3 is 2.54 bits per heavy atom. The van der Waals surface area contributed by atoms with E-state index < -0.39 is 28.0 Å². The highest BCUT2D eigenvalue weighted by Crippen LogP contribution is 2.28. The molecule has 0 saturated carbocycles. The van der Waals surface area contributed by atoms with Gasteiger partial charge < -0.3 is 10.1 Å². The van der Waals surface area contributed by atoms with Crippen molar-refractivity contribution in [1.82, 2.24) is 9.62 Å². The van der Waals surface area contributed by atoms with Crippen LogP contribution < -0.4 is 5.32 Å². The number of nitrogens with zero attached hydrogens (tertiary/aromatic N) is 1. The second-order valence-electron chi connectivity index (χ2n) is 6.29. The van der Waals surface area contributed by atoms with Crippen molar-refractivity contribution in [3.05, 3.63) is 65.7 Å². The molecule has 2 aromatic rings. The van der Waals surface area contributed by atoms with Crippen molar-refractivity contribution in [3.8, 4) is 0 Å². The van der Waals surface area contributed by atoms with Gasteiger partial charge in [0.05, 0.1) is 10.9 Å². The van der Waals surface area contributed by atoms with Crippen molar-refractivity contribution in [3.63, 3.8) is 0 Å². The first-order valence-corrected chi connectivity index (χ1v) is 9.73. The molecule has 3 rings (SSSR count). The Morgan fingerprint density at radius 1 is 1.19 bits per heavy atom. The van der Waals surface area contributed by atoms with Crippen LogP contribution in [0.5, 0.6) is 0 Å². The van der Waals surface area contributed by atoms with E-state index in [1.54, 1.807) is 24.3 Å². The van der Waals surface area contributed by atoms with Gasteiger partial charge in [-0.1, -0.05) is 48.5 Å². The highest BCUT2D eigenvalue weighted by atomic mass is 32.2. The molecule has 0 bridgehead atoms. The number of fused-ring (bicyclic) bond motifs is 1. The number of amides is 1. The Bertz CT molecular complexity index is 912. The van der Waals surface area contributed by atoms with Crippen LogP contribution in [-0.4, -0.2) is 44.0 Å². The Balaban J connectivity index is 1.78. The normalized spacial score (nSPS) is 20.0. The number of rotatable bonds is 5. The molecule has 26 heavy (non-hydrogen) atoms. The molecule has 0 fully saturated rings. The summed E-state index contributed by atoms with van der Waals surface area (Å²) in [4.78, 5) is 24.3. The molecule has 0 radical (unpaired) electrons. The summed E-state index contributed by atoms with van der Waals surface area (Å²) >= 11 is 0. The monoisotopic (exact) mass is 372 g/mol. The van der Waals surface area contributed by atoms with Crippen LogP contribution >= 0.6 is 0 Å². The molecule has 7 heteroatoms. The van der Waals surface area contributed by atoms with Gasteiger partial charge in [-0.15, -0.1) is 0 Å². The maximum absolute atomic E-state index is 12.7. The third-order valence-electron chi connectivity index (χ3n) is 4.57. The summed E-state index contributed by atoms with van der Waals surface area (Å²) in [6.45, 7) is 0. The van der Waals surface area contributed by atoms with Crippen LogP contribution in [0, 0.1) is 0 Å². The van der Waals surface area contributed by atoms with Gasteiger partial charge in [0.15, 0.2) is 0 Å². The number of hydrogen-bond acceptors (Lipinski definition) is 4. The van der Waals surface area contributed by atoms with Crippen LogP contribution in [0.15, 0.2) is 59.5 Å². The van der Waals surface area contributed by atoms with E-state index >= 15 is 0 Å². The topological polar surface area (TPSA) is 83.6 Å². The number of carbonyl (C=O) groups excluding carboxylic acids is 2. The fourth-order valence-corrected chi connectivity index (χ4v) is 4.67. The van der Waals surface area contributed by atoms with Gasteiger partial charge in [-0.25, -0.2) is 8.42 Å². The van der Waals surface area contributed by atoms with E-state index in [1.165, 1.54) is 7.05 Å². The zero-order chi connectivity index (χ0) is 18.7. The fraction of sp³-hybridized carbons (Fsp3) is 0.263. The summed E-state index contributed by atoms with van der Waals surface area (Å²) in [5, 5.41) is 2.67. The number of sulfonamides is 1. The molecule has 6 nitrogen and oxygen atoms in total. The molecule has 1 aliphatic rings. The summed E-state index contributed by atoms with van der Waals surface area (Å²) in [5.41, 5.74) is 1.52. The van der Waals surface area contributed by atoms with Gasteiger partial charge in [0.25, 0.3) is 0 Å². The lowest BCUT2D eigenvalue weighted by atomic mass is 10.0. The summed E-state index contributed by atoms with van der Waals surface area (Å²) in [6, 6.07) is 14.4. The highest BCUT2D eigenvalue weighted by molar-refractivity contribution is 7.89. The molecule has 1 aliphatic heterocycles. The van der Waals surface area contributed by atoms with Crippen molar-refractivity contribution >= 4 is 22.2 Å². The first kappa shape index (κ1) is 18.3. The van der Waals surface area contributed by atoms with Gasteiger partial charge in [-0.05, 0) is 30.0 Å². The average molecular weight is 372 g/mol. The first-order chi connectivity index (χ1) is 12.4. The Morgan fingerprint density at radius 2 is 1.85 bits per heavy atom. The minimum Gasteiger partial charge on any atom is -0.345 e. The van der Waals surface area contributed by atoms with Gasteiger partial charge in [0.1, 0.15) is 12.3 Å². The number of hydrogen-bond donors (Lipinski definition) is 1. The smallest absolute Gasteiger partial charge is 0.243 e. The number of nitrogens with one attached hydrogen (secondary N) is 1. The highest BCUT2D eigenvalue weighted by Gasteiger charge is 2.39. The SMILES string of the molecule is CN1[C@@H](C(=O)N[C@H](C=O)Cc2ccccc2)Cc2ccccc2S1(=O)=O. The second kappa shape index (κ2) is 7.39. The van der Waals surface area contributed by atoms with E-state index in [2.05, 4.69) is 5.32 Å². The molecule has 1 heterocycles. The van der Waals surface area contributed by atoms with Crippen LogP contribution in [0.3, 0.4) is 0 Å². The summed E-state index contributed by atoms with van der Waals surface area (Å²) in [7, 11) is -2.34. The third-order valence-corrected chi connectivity index (χ3v) is 6.54. The average Bonchev–Trinajstić information content (AvgIpc) is 2.65. The first-order valence-electron chi connectivity index (χ1n) is 8.29. The van der Waals surface area contributed by atoms with E-state index in [4.69, 9.17) is 0 Å². The number of carbonyl (C=O) groups is 2. The molecule has 0 aromatic heterocycles. The quantitative estimate of drug-likeness (QED) is 0.799. The minimum atomic E-state index is -3.73. The van der Waals surface area contributed by atoms with Crippen molar-refractivity contribution in [2.75, 3.05) is 7.05 Å². The van der Waals surface area contributed by atoms with E-state index in [9.17, 15) is 18.0 Å². The van der Waals surface area contributed by atoms with E-state index in [0.717, 1.165) is 9.87 Å². The maximum Gasteiger partial charge on any atom is 0.243 e. The molecule has 0 unspecified atom stereocenters. The Hall–Kier alpha value is -2.51.